The fraction of sp³-hybridized carbons (Fsp3) is 0.562. The van der Waals surface area contributed by atoms with E-state index in [1.807, 2.05) is 0 Å². The summed E-state index contributed by atoms with van der Waals surface area (Å²) in [5.41, 5.74) is 0. The summed E-state index contributed by atoms with van der Waals surface area (Å²) < 4.78 is 11.0. The molecule has 0 spiro atoms. The first kappa shape index (κ1) is 15.7. The normalized spacial score (nSPS) is 20.7. The van der Waals surface area contributed by atoms with Crippen LogP contribution in [0.25, 0.3) is 0 Å². The van der Waals surface area contributed by atoms with Crippen molar-refractivity contribution in [3.8, 4) is 5.75 Å². The van der Waals surface area contributed by atoms with Crippen LogP contribution in [0.1, 0.15) is 19.3 Å². The average molecular weight is 319 g/mol. The van der Waals surface area contributed by atoms with Crippen molar-refractivity contribution < 1.29 is 19.1 Å². The Morgan fingerprint density at radius 3 is 3.13 bits per heavy atom. The molecule has 1 atom stereocenters. The molecule has 1 fully saturated rings. The van der Waals surface area contributed by atoms with Crippen molar-refractivity contribution in [3.05, 3.63) is 18.3 Å². The van der Waals surface area contributed by atoms with E-state index in [0.29, 0.717) is 18.1 Å². The van der Waals surface area contributed by atoms with Crippen LogP contribution in [-0.2, 0) is 14.3 Å². The maximum atomic E-state index is 12.4. The topological polar surface area (TPSA) is 72.0 Å². The van der Waals surface area contributed by atoms with E-state index in [9.17, 15) is 9.59 Å². The number of nitrogens with zero attached hydrogens (tertiary/aromatic N) is 3. The SMILES string of the molecule is CN(C[C@H]1CCCCO1)C(=O)CN1C(=O)COc2cccnc21. The molecule has 23 heavy (non-hydrogen) atoms. The Morgan fingerprint density at radius 2 is 2.35 bits per heavy atom. The van der Waals surface area contributed by atoms with Crippen molar-refractivity contribution in [2.24, 2.45) is 0 Å². The summed E-state index contributed by atoms with van der Waals surface area (Å²) in [6.45, 7) is 1.20. The largest absolute Gasteiger partial charge is 0.480 e. The maximum Gasteiger partial charge on any atom is 0.266 e. The van der Waals surface area contributed by atoms with E-state index in [4.69, 9.17) is 9.47 Å². The molecule has 0 aromatic carbocycles. The van der Waals surface area contributed by atoms with Crippen LogP contribution in [-0.4, -0.2) is 61.2 Å². The van der Waals surface area contributed by atoms with E-state index in [1.165, 1.54) is 4.90 Å². The molecule has 0 saturated carbocycles. The molecule has 1 saturated heterocycles. The summed E-state index contributed by atoms with van der Waals surface area (Å²) in [4.78, 5) is 31.7. The average Bonchev–Trinajstić information content (AvgIpc) is 2.58. The van der Waals surface area contributed by atoms with E-state index >= 15 is 0 Å². The van der Waals surface area contributed by atoms with E-state index < -0.39 is 0 Å². The lowest BCUT2D eigenvalue weighted by atomic mass is 10.1. The quantitative estimate of drug-likeness (QED) is 0.822. The number of likely N-dealkylation sites (N-methyl/N-ethyl adjacent to an activating group) is 1. The van der Waals surface area contributed by atoms with Gasteiger partial charge in [0.25, 0.3) is 5.91 Å². The third kappa shape index (κ3) is 3.61. The summed E-state index contributed by atoms with van der Waals surface area (Å²) in [6, 6.07) is 3.48. The first-order valence-corrected chi connectivity index (χ1v) is 7.89. The molecule has 3 heterocycles. The van der Waals surface area contributed by atoms with Crippen molar-refractivity contribution in [2.75, 3.05) is 38.3 Å². The smallest absolute Gasteiger partial charge is 0.266 e. The standard InChI is InChI=1S/C16H21N3O4/c1-18(9-12-5-2-3-8-22-12)14(20)10-19-15(21)11-23-13-6-4-7-17-16(13)19/h4,6-7,12H,2-3,5,8-11H2,1H3/t12-/m1/s1. The molecule has 1 aromatic rings. The van der Waals surface area contributed by atoms with Crippen LogP contribution in [0.15, 0.2) is 18.3 Å². The van der Waals surface area contributed by atoms with Gasteiger partial charge in [-0.1, -0.05) is 0 Å². The van der Waals surface area contributed by atoms with Crippen molar-refractivity contribution >= 4 is 17.6 Å². The predicted octanol–water partition coefficient (Wildman–Crippen LogP) is 0.834. The van der Waals surface area contributed by atoms with Gasteiger partial charge in [0, 0.05) is 26.4 Å². The molecule has 0 bridgehead atoms. The summed E-state index contributed by atoms with van der Waals surface area (Å²) in [6.07, 6.45) is 4.85. The van der Waals surface area contributed by atoms with Crippen molar-refractivity contribution in [1.29, 1.82) is 0 Å². The van der Waals surface area contributed by atoms with Crippen LogP contribution in [0.4, 0.5) is 5.82 Å². The molecule has 2 aliphatic rings. The zero-order valence-electron chi connectivity index (χ0n) is 13.2. The fourth-order valence-corrected chi connectivity index (χ4v) is 2.81. The molecule has 7 nitrogen and oxygen atoms in total. The van der Waals surface area contributed by atoms with Gasteiger partial charge in [0.15, 0.2) is 18.2 Å². The summed E-state index contributed by atoms with van der Waals surface area (Å²) >= 11 is 0. The first-order valence-electron chi connectivity index (χ1n) is 7.89. The molecular formula is C16H21N3O4. The lowest BCUT2D eigenvalue weighted by Crippen LogP contribution is -2.47. The van der Waals surface area contributed by atoms with Gasteiger partial charge in [0.05, 0.1) is 6.10 Å². The highest BCUT2D eigenvalue weighted by molar-refractivity contribution is 6.01. The Bertz CT molecular complexity index is 586. The predicted molar refractivity (Wildman–Crippen MR) is 83.3 cm³/mol. The van der Waals surface area contributed by atoms with Crippen molar-refractivity contribution in [2.45, 2.75) is 25.4 Å². The molecule has 0 radical (unpaired) electrons. The molecule has 1 aromatic heterocycles. The van der Waals surface area contributed by atoms with Crippen LogP contribution in [0.5, 0.6) is 5.75 Å². The van der Waals surface area contributed by atoms with Gasteiger partial charge in [-0.3, -0.25) is 14.5 Å². The minimum atomic E-state index is -0.258. The van der Waals surface area contributed by atoms with Crippen molar-refractivity contribution in [3.63, 3.8) is 0 Å². The third-order valence-corrected chi connectivity index (χ3v) is 4.13. The number of hydrogen-bond donors (Lipinski definition) is 0. The molecule has 2 amide bonds. The summed E-state index contributed by atoms with van der Waals surface area (Å²) in [5, 5.41) is 0. The van der Waals surface area contributed by atoms with Crippen molar-refractivity contribution in [1.82, 2.24) is 9.88 Å². The second-order valence-electron chi connectivity index (χ2n) is 5.86. The molecule has 0 N–H and O–H groups in total. The van der Waals surface area contributed by atoms with Gasteiger partial charge in [0.1, 0.15) is 6.54 Å². The number of ether oxygens (including phenoxy) is 2. The third-order valence-electron chi connectivity index (χ3n) is 4.13. The molecule has 0 aliphatic carbocycles. The van der Waals surface area contributed by atoms with Gasteiger partial charge in [-0.25, -0.2) is 4.98 Å². The monoisotopic (exact) mass is 319 g/mol. The highest BCUT2D eigenvalue weighted by atomic mass is 16.5. The zero-order valence-corrected chi connectivity index (χ0v) is 13.2. The number of fused-ring (bicyclic) bond motifs is 1. The maximum absolute atomic E-state index is 12.4. The van der Waals surface area contributed by atoms with Gasteiger partial charge in [0.2, 0.25) is 5.91 Å². The highest BCUT2D eigenvalue weighted by Crippen LogP contribution is 2.28. The molecule has 2 aliphatic heterocycles. The fourth-order valence-electron chi connectivity index (χ4n) is 2.81. The number of aromatic nitrogens is 1. The summed E-state index contributed by atoms with van der Waals surface area (Å²) in [7, 11) is 1.74. The van der Waals surface area contributed by atoms with Gasteiger partial charge < -0.3 is 14.4 Å². The number of carbonyl (C=O) groups excluding carboxylic acids is 2. The van der Waals surface area contributed by atoms with Gasteiger partial charge in [-0.2, -0.15) is 0 Å². The lowest BCUT2D eigenvalue weighted by Gasteiger charge is -2.31. The molecular weight excluding hydrogens is 298 g/mol. The van der Waals surface area contributed by atoms with E-state index in [2.05, 4.69) is 4.98 Å². The van der Waals surface area contributed by atoms with Crippen LogP contribution in [0.2, 0.25) is 0 Å². The molecule has 7 heteroatoms. The van der Waals surface area contributed by atoms with E-state index in [0.717, 1.165) is 25.9 Å². The van der Waals surface area contributed by atoms with Crippen LogP contribution < -0.4 is 9.64 Å². The number of amides is 2. The van der Waals surface area contributed by atoms with Gasteiger partial charge in [-0.05, 0) is 31.4 Å². The minimum absolute atomic E-state index is 0.0323. The highest BCUT2D eigenvalue weighted by Gasteiger charge is 2.29. The number of pyridine rings is 1. The van der Waals surface area contributed by atoms with Crippen LogP contribution >= 0.6 is 0 Å². The second kappa shape index (κ2) is 6.95. The Hall–Kier alpha value is -2.15. The second-order valence-corrected chi connectivity index (χ2v) is 5.86. The van der Waals surface area contributed by atoms with Crippen LogP contribution in [0.3, 0.4) is 0 Å². The Balaban J connectivity index is 1.63. The molecule has 0 unspecified atom stereocenters. The van der Waals surface area contributed by atoms with Crippen LogP contribution in [0, 0.1) is 0 Å². The summed E-state index contributed by atoms with van der Waals surface area (Å²) in [5.74, 6) is 0.537. The number of anilines is 1. The minimum Gasteiger partial charge on any atom is -0.480 e. The van der Waals surface area contributed by atoms with Gasteiger partial charge in [-0.15, -0.1) is 0 Å². The number of hydrogen-bond acceptors (Lipinski definition) is 5. The Morgan fingerprint density at radius 1 is 1.48 bits per heavy atom. The number of rotatable bonds is 4. The lowest BCUT2D eigenvalue weighted by molar-refractivity contribution is -0.132. The molecule has 124 valence electrons. The van der Waals surface area contributed by atoms with E-state index in [1.54, 1.807) is 30.3 Å². The van der Waals surface area contributed by atoms with Gasteiger partial charge >= 0.3 is 0 Å². The molecule has 3 rings (SSSR count). The number of carbonyl (C=O) groups is 2. The van der Waals surface area contributed by atoms with E-state index in [-0.39, 0.29) is 31.1 Å². The first-order chi connectivity index (χ1) is 11.1. The Kier molecular flexibility index (Phi) is 4.76. The Labute approximate surface area is 135 Å². The zero-order chi connectivity index (χ0) is 16.2.